The third-order valence-corrected chi connectivity index (χ3v) is 5.41. The van der Waals surface area contributed by atoms with Crippen LogP contribution in [0.3, 0.4) is 0 Å². The van der Waals surface area contributed by atoms with Crippen LogP contribution in [0.4, 0.5) is 0 Å². The van der Waals surface area contributed by atoms with Crippen LogP contribution >= 0.6 is 0 Å². The van der Waals surface area contributed by atoms with Gasteiger partial charge in [0.2, 0.25) is 0 Å². The first kappa shape index (κ1) is 18.2. The van der Waals surface area contributed by atoms with Gasteiger partial charge in [-0.25, -0.2) is 0 Å². The predicted octanol–water partition coefficient (Wildman–Crippen LogP) is 6.14. The molecule has 0 aliphatic heterocycles. The van der Waals surface area contributed by atoms with E-state index in [9.17, 15) is 0 Å². The van der Waals surface area contributed by atoms with E-state index in [4.69, 9.17) is 0 Å². The Kier molecular flexibility index (Phi) is 4.60. The van der Waals surface area contributed by atoms with Gasteiger partial charge in [-0.2, -0.15) is 0 Å². The minimum absolute atomic E-state index is 0.867. The SMILES string of the molecule is Cc1cc(C)c(C)c(-c2nnc(-c3ccccc3)n2-c2c(C)cccc2C)c1. The molecule has 0 radical (unpaired) electrons. The van der Waals surface area contributed by atoms with Crippen LogP contribution in [0.2, 0.25) is 0 Å². The maximum absolute atomic E-state index is 4.68. The quantitative estimate of drug-likeness (QED) is 0.435. The molecule has 28 heavy (non-hydrogen) atoms. The van der Waals surface area contributed by atoms with Crippen molar-refractivity contribution in [1.29, 1.82) is 0 Å². The molecule has 0 amide bonds. The van der Waals surface area contributed by atoms with Gasteiger partial charge in [-0.15, -0.1) is 10.2 Å². The van der Waals surface area contributed by atoms with Gasteiger partial charge in [0.1, 0.15) is 0 Å². The van der Waals surface area contributed by atoms with Crippen LogP contribution in [-0.4, -0.2) is 14.8 Å². The number of hydrogen-bond donors (Lipinski definition) is 0. The molecule has 0 saturated carbocycles. The summed E-state index contributed by atoms with van der Waals surface area (Å²) >= 11 is 0. The predicted molar refractivity (Wildman–Crippen MR) is 116 cm³/mol. The number of aryl methyl sites for hydroxylation is 4. The molecular formula is C25H25N3. The second-order valence-corrected chi connectivity index (χ2v) is 7.54. The van der Waals surface area contributed by atoms with Crippen molar-refractivity contribution in [2.24, 2.45) is 0 Å². The first-order valence-corrected chi connectivity index (χ1v) is 9.63. The Morgan fingerprint density at radius 2 is 1.29 bits per heavy atom. The van der Waals surface area contributed by atoms with Crippen LogP contribution in [-0.2, 0) is 0 Å². The van der Waals surface area contributed by atoms with E-state index in [1.54, 1.807) is 0 Å². The van der Waals surface area contributed by atoms with Crippen molar-refractivity contribution in [3.8, 4) is 28.5 Å². The third-order valence-electron chi connectivity index (χ3n) is 5.41. The molecule has 0 atom stereocenters. The van der Waals surface area contributed by atoms with Gasteiger partial charge in [0, 0.05) is 11.1 Å². The molecule has 3 nitrogen and oxygen atoms in total. The molecule has 4 rings (SSSR count). The highest BCUT2D eigenvalue weighted by Gasteiger charge is 2.21. The molecule has 0 spiro atoms. The van der Waals surface area contributed by atoms with Gasteiger partial charge in [-0.05, 0) is 62.9 Å². The molecule has 140 valence electrons. The van der Waals surface area contributed by atoms with Crippen LogP contribution in [0.5, 0.6) is 0 Å². The van der Waals surface area contributed by atoms with Crippen LogP contribution < -0.4 is 0 Å². The largest absolute Gasteiger partial charge is 0.274 e. The summed E-state index contributed by atoms with van der Waals surface area (Å²) in [4.78, 5) is 0. The summed E-state index contributed by atoms with van der Waals surface area (Å²) in [6, 6.07) is 21.1. The van der Waals surface area contributed by atoms with Crippen LogP contribution in [0.15, 0.2) is 60.7 Å². The standard InChI is InChI=1S/C25H25N3/c1-16-14-19(4)20(5)22(15-16)25-27-26-24(21-12-7-6-8-13-21)28(25)23-17(2)10-9-11-18(23)3/h6-15H,1-5H3. The van der Waals surface area contributed by atoms with Crippen molar-refractivity contribution < 1.29 is 0 Å². The van der Waals surface area contributed by atoms with E-state index in [-0.39, 0.29) is 0 Å². The molecule has 0 bridgehead atoms. The van der Waals surface area contributed by atoms with Crippen molar-refractivity contribution >= 4 is 0 Å². The molecule has 0 aliphatic rings. The molecule has 3 heteroatoms. The highest BCUT2D eigenvalue weighted by Crippen LogP contribution is 2.34. The monoisotopic (exact) mass is 367 g/mol. The third kappa shape index (κ3) is 3.03. The lowest BCUT2D eigenvalue weighted by atomic mass is 9.99. The zero-order valence-electron chi connectivity index (χ0n) is 17.1. The van der Waals surface area contributed by atoms with Gasteiger partial charge in [-0.1, -0.05) is 60.2 Å². The lowest BCUT2D eigenvalue weighted by molar-refractivity contribution is 1.03. The molecule has 3 aromatic carbocycles. The first-order chi connectivity index (χ1) is 13.5. The number of benzene rings is 3. The van der Waals surface area contributed by atoms with Crippen LogP contribution in [0.1, 0.15) is 27.8 Å². The molecule has 0 saturated heterocycles. The molecule has 0 N–H and O–H groups in total. The van der Waals surface area contributed by atoms with E-state index < -0.39 is 0 Å². The zero-order valence-corrected chi connectivity index (χ0v) is 17.1. The molecule has 0 fully saturated rings. The smallest absolute Gasteiger partial charge is 0.169 e. The summed E-state index contributed by atoms with van der Waals surface area (Å²) in [6.45, 7) is 10.7. The summed E-state index contributed by atoms with van der Waals surface area (Å²) in [5, 5.41) is 9.31. The zero-order chi connectivity index (χ0) is 19.8. The Labute approximate surface area is 166 Å². The Morgan fingerprint density at radius 1 is 0.643 bits per heavy atom. The Hall–Kier alpha value is -3.20. The Morgan fingerprint density at radius 3 is 1.96 bits per heavy atom. The summed E-state index contributed by atoms with van der Waals surface area (Å²) in [5.41, 5.74) is 9.51. The maximum atomic E-state index is 4.68. The van der Waals surface area contributed by atoms with Gasteiger partial charge in [0.15, 0.2) is 11.6 Å². The van der Waals surface area contributed by atoms with E-state index in [1.807, 2.05) is 18.2 Å². The Balaban J connectivity index is 2.09. The van der Waals surface area contributed by atoms with Gasteiger partial charge >= 0.3 is 0 Å². The summed E-state index contributed by atoms with van der Waals surface area (Å²) in [5.74, 6) is 1.76. The number of nitrogens with zero attached hydrogens (tertiary/aromatic N) is 3. The first-order valence-electron chi connectivity index (χ1n) is 9.63. The number of para-hydroxylation sites is 1. The molecule has 4 aromatic rings. The maximum Gasteiger partial charge on any atom is 0.169 e. The van der Waals surface area contributed by atoms with Crippen molar-refractivity contribution in [1.82, 2.24) is 14.8 Å². The Bertz CT molecular complexity index is 1130. The van der Waals surface area contributed by atoms with E-state index >= 15 is 0 Å². The summed E-state index contributed by atoms with van der Waals surface area (Å²) in [6.07, 6.45) is 0. The van der Waals surface area contributed by atoms with E-state index in [1.165, 1.54) is 27.8 Å². The van der Waals surface area contributed by atoms with Crippen molar-refractivity contribution in [3.63, 3.8) is 0 Å². The normalized spacial score (nSPS) is 11.0. The molecular weight excluding hydrogens is 342 g/mol. The number of hydrogen-bond acceptors (Lipinski definition) is 2. The van der Waals surface area contributed by atoms with E-state index in [0.717, 1.165) is 28.5 Å². The molecule has 1 heterocycles. The fourth-order valence-electron chi connectivity index (χ4n) is 3.88. The van der Waals surface area contributed by atoms with Crippen LogP contribution in [0.25, 0.3) is 28.5 Å². The van der Waals surface area contributed by atoms with Gasteiger partial charge < -0.3 is 0 Å². The van der Waals surface area contributed by atoms with E-state index in [2.05, 4.69) is 91.8 Å². The highest BCUT2D eigenvalue weighted by molar-refractivity contribution is 5.71. The minimum atomic E-state index is 0.867. The second kappa shape index (κ2) is 7.08. The van der Waals surface area contributed by atoms with Crippen molar-refractivity contribution in [3.05, 3.63) is 88.5 Å². The topological polar surface area (TPSA) is 30.7 Å². The minimum Gasteiger partial charge on any atom is -0.274 e. The van der Waals surface area contributed by atoms with Gasteiger partial charge in [-0.3, -0.25) is 4.57 Å². The molecule has 0 aliphatic carbocycles. The molecule has 0 unspecified atom stereocenters. The van der Waals surface area contributed by atoms with E-state index in [0.29, 0.717) is 0 Å². The number of aromatic nitrogens is 3. The average Bonchev–Trinajstić information content (AvgIpc) is 3.10. The molecule has 1 aromatic heterocycles. The number of rotatable bonds is 3. The average molecular weight is 367 g/mol. The van der Waals surface area contributed by atoms with Crippen molar-refractivity contribution in [2.45, 2.75) is 34.6 Å². The lowest BCUT2D eigenvalue weighted by Crippen LogP contribution is -2.06. The fraction of sp³-hybridized carbons (Fsp3) is 0.200. The fourth-order valence-corrected chi connectivity index (χ4v) is 3.88. The second-order valence-electron chi connectivity index (χ2n) is 7.54. The summed E-state index contributed by atoms with van der Waals surface area (Å²) in [7, 11) is 0. The lowest BCUT2D eigenvalue weighted by Gasteiger charge is -2.17. The summed E-state index contributed by atoms with van der Waals surface area (Å²) < 4.78 is 2.22. The van der Waals surface area contributed by atoms with Crippen LogP contribution in [0, 0.1) is 34.6 Å². The highest BCUT2D eigenvalue weighted by atomic mass is 15.3. The van der Waals surface area contributed by atoms with Gasteiger partial charge in [0.25, 0.3) is 0 Å². The van der Waals surface area contributed by atoms with Gasteiger partial charge in [0.05, 0.1) is 5.69 Å². The van der Waals surface area contributed by atoms with Crippen molar-refractivity contribution in [2.75, 3.05) is 0 Å².